The van der Waals surface area contributed by atoms with Crippen LogP contribution in [-0.2, 0) is 13.0 Å². The van der Waals surface area contributed by atoms with E-state index in [1.54, 1.807) is 6.20 Å². The smallest absolute Gasteiger partial charge is 0.188 e. The lowest BCUT2D eigenvalue weighted by atomic mass is 10.1. The number of benzene rings is 1. The Kier molecular flexibility index (Phi) is 9.26. The van der Waals surface area contributed by atoms with E-state index in [-0.39, 0.29) is 30.1 Å². The van der Waals surface area contributed by atoms with E-state index in [1.807, 2.05) is 51.1 Å². The summed E-state index contributed by atoms with van der Waals surface area (Å²) >= 11 is 0. The predicted molar refractivity (Wildman–Crippen MR) is 114 cm³/mol. The summed E-state index contributed by atoms with van der Waals surface area (Å²) in [4.78, 5) is 8.69. The van der Waals surface area contributed by atoms with Crippen LogP contribution in [0.2, 0.25) is 0 Å². The average Bonchev–Trinajstić information content (AvgIpc) is 2.54. The first-order valence-electron chi connectivity index (χ1n) is 8.24. The Morgan fingerprint density at radius 1 is 1.28 bits per heavy atom. The second-order valence-electron chi connectivity index (χ2n) is 5.98. The molecular weight excluding hydrogens is 427 g/mol. The van der Waals surface area contributed by atoms with Crippen LogP contribution in [0.3, 0.4) is 0 Å². The number of aromatic nitrogens is 1. The van der Waals surface area contributed by atoms with Gasteiger partial charge in [-0.05, 0) is 44.5 Å². The van der Waals surface area contributed by atoms with Crippen molar-refractivity contribution in [3.05, 3.63) is 59.4 Å². The zero-order valence-electron chi connectivity index (χ0n) is 15.0. The summed E-state index contributed by atoms with van der Waals surface area (Å²) in [7, 11) is 0. The fourth-order valence-electron chi connectivity index (χ4n) is 2.25. The fourth-order valence-corrected chi connectivity index (χ4v) is 2.25. The molecule has 0 spiro atoms. The predicted octanol–water partition coefficient (Wildman–Crippen LogP) is 3.44. The van der Waals surface area contributed by atoms with Crippen LogP contribution in [-0.4, -0.2) is 23.6 Å². The fraction of sp³-hybridized carbons (Fsp3) is 0.368. The van der Waals surface area contributed by atoms with E-state index >= 15 is 0 Å². The number of halogens is 1. The topological polar surface area (TPSA) is 72.5 Å². The number of ether oxygens (including phenoxy) is 1. The molecule has 0 atom stereocenters. The van der Waals surface area contributed by atoms with Crippen LogP contribution in [0.25, 0.3) is 0 Å². The molecule has 0 saturated carbocycles. The van der Waals surface area contributed by atoms with Gasteiger partial charge in [-0.1, -0.05) is 18.2 Å². The number of rotatable bonds is 7. The molecule has 136 valence electrons. The van der Waals surface area contributed by atoms with Crippen LogP contribution < -0.4 is 15.8 Å². The summed E-state index contributed by atoms with van der Waals surface area (Å²) in [5.74, 6) is 1.30. The maximum absolute atomic E-state index is 5.94. The van der Waals surface area contributed by atoms with Crippen molar-refractivity contribution < 1.29 is 4.74 Å². The summed E-state index contributed by atoms with van der Waals surface area (Å²) < 4.78 is 5.86. The highest BCUT2D eigenvalue weighted by Crippen LogP contribution is 2.22. The third kappa shape index (κ3) is 7.72. The van der Waals surface area contributed by atoms with E-state index in [0.29, 0.717) is 19.0 Å². The van der Waals surface area contributed by atoms with Crippen molar-refractivity contribution in [2.75, 3.05) is 6.54 Å². The van der Waals surface area contributed by atoms with Crippen LogP contribution >= 0.6 is 24.0 Å². The van der Waals surface area contributed by atoms with Crippen molar-refractivity contribution in [3.63, 3.8) is 0 Å². The van der Waals surface area contributed by atoms with Gasteiger partial charge in [0.15, 0.2) is 5.96 Å². The quantitative estimate of drug-likeness (QED) is 0.382. The van der Waals surface area contributed by atoms with Gasteiger partial charge in [-0.2, -0.15) is 0 Å². The van der Waals surface area contributed by atoms with Crippen molar-refractivity contribution in [1.82, 2.24) is 10.3 Å². The van der Waals surface area contributed by atoms with Crippen molar-refractivity contribution in [3.8, 4) is 5.75 Å². The Morgan fingerprint density at radius 2 is 2.08 bits per heavy atom. The minimum atomic E-state index is 0. The number of aryl methyl sites for hydroxylation is 1. The van der Waals surface area contributed by atoms with Gasteiger partial charge in [0.2, 0.25) is 0 Å². The number of nitrogens with zero attached hydrogens (tertiary/aromatic N) is 2. The SMILES string of the molecule is Cc1ccc(CN=C(N)NCCc2ccccn2)c(OC(C)C)c1.I. The lowest BCUT2D eigenvalue weighted by Crippen LogP contribution is -2.33. The number of pyridine rings is 1. The molecule has 0 fully saturated rings. The Morgan fingerprint density at radius 3 is 2.76 bits per heavy atom. The molecule has 0 aliphatic rings. The van der Waals surface area contributed by atoms with Crippen molar-refractivity contribution >= 4 is 29.9 Å². The van der Waals surface area contributed by atoms with Crippen LogP contribution in [0, 0.1) is 6.92 Å². The minimum Gasteiger partial charge on any atom is -0.491 e. The van der Waals surface area contributed by atoms with Gasteiger partial charge in [0.05, 0.1) is 12.6 Å². The number of aliphatic imine (C=N–C) groups is 1. The van der Waals surface area contributed by atoms with E-state index in [0.717, 1.165) is 23.4 Å². The minimum absolute atomic E-state index is 0. The Bertz CT molecular complexity index is 674. The van der Waals surface area contributed by atoms with E-state index in [4.69, 9.17) is 10.5 Å². The molecule has 3 N–H and O–H groups in total. The molecular formula is C19H27IN4O. The zero-order chi connectivity index (χ0) is 17.4. The van der Waals surface area contributed by atoms with Gasteiger partial charge in [-0.15, -0.1) is 24.0 Å². The number of hydrogen-bond acceptors (Lipinski definition) is 3. The average molecular weight is 454 g/mol. The highest BCUT2D eigenvalue weighted by molar-refractivity contribution is 14.0. The molecule has 0 aliphatic carbocycles. The van der Waals surface area contributed by atoms with Crippen LogP contribution in [0.15, 0.2) is 47.6 Å². The molecule has 0 saturated heterocycles. The molecule has 1 aromatic carbocycles. The molecule has 0 amide bonds. The first-order chi connectivity index (χ1) is 11.5. The molecule has 0 aliphatic heterocycles. The number of guanidine groups is 1. The maximum Gasteiger partial charge on any atom is 0.188 e. The third-order valence-electron chi connectivity index (χ3n) is 3.42. The number of nitrogens with two attached hydrogens (primary N) is 1. The van der Waals surface area contributed by atoms with Crippen molar-refractivity contribution in [1.29, 1.82) is 0 Å². The molecule has 2 rings (SSSR count). The van der Waals surface area contributed by atoms with E-state index < -0.39 is 0 Å². The molecule has 0 bridgehead atoms. The molecule has 25 heavy (non-hydrogen) atoms. The van der Waals surface area contributed by atoms with Gasteiger partial charge >= 0.3 is 0 Å². The van der Waals surface area contributed by atoms with Gasteiger partial charge in [-0.3, -0.25) is 4.98 Å². The summed E-state index contributed by atoms with van der Waals surface area (Å²) in [5.41, 5.74) is 9.17. The number of hydrogen-bond donors (Lipinski definition) is 2. The first kappa shape index (κ1) is 21.2. The van der Waals surface area contributed by atoms with E-state index in [1.165, 1.54) is 5.56 Å². The highest BCUT2D eigenvalue weighted by Gasteiger charge is 2.06. The van der Waals surface area contributed by atoms with Crippen LogP contribution in [0.4, 0.5) is 0 Å². The van der Waals surface area contributed by atoms with Gasteiger partial charge in [0.1, 0.15) is 5.75 Å². The maximum atomic E-state index is 5.94. The van der Waals surface area contributed by atoms with Crippen LogP contribution in [0.5, 0.6) is 5.75 Å². The zero-order valence-corrected chi connectivity index (χ0v) is 17.4. The van der Waals surface area contributed by atoms with Crippen molar-refractivity contribution in [2.24, 2.45) is 10.7 Å². The molecule has 2 aromatic rings. The lowest BCUT2D eigenvalue weighted by molar-refractivity contribution is 0.240. The summed E-state index contributed by atoms with van der Waals surface area (Å²) in [6.07, 6.45) is 2.73. The second kappa shape index (κ2) is 10.9. The Hall–Kier alpha value is -1.83. The molecule has 5 nitrogen and oxygen atoms in total. The molecule has 0 radical (unpaired) electrons. The van der Waals surface area contributed by atoms with Gasteiger partial charge in [-0.25, -0.2) is 4.99 Å². The third-order valence-corrected chi connectivity index (χ3v) is 3.42. The monoisotopic (exact) mass is 454 g/mol. The lowest BCUT2D eigenvalue weighted by Gasteiger charge is -2.14. The van der Waals surface area contributed by atoms with Gasteiger partial charge < -0.3 is 15.8 Å². The second-order valence-corrected chi connectivity index (χ2v) is 5.98. The molecule has 6 heteroatoms. The Balaban J connectivity index is 0.00000312. The normalized spacial score (nSPS) is 11.1. The van der Waals surface area contributed by atoms with Gasteiger partial charge in [0.25, 0.3) is 0 Å². The van der Waals surface area contributed by atoms with Gasteiger partial charge in [0, 0.05) is 30.4 Å². The summed E-state index contributed by atoms with van der Waals surface area (Å²) in [6.45, 7) is 7.28. The van der Waals surface area contributed by atoms with Crippen molar-refractivity contribution in [2.45, 2.75) is 39.8 Å². The Labute approximate surface area is 167 Å². The molecule has 1 heterocycles. The van der Waals surface area contributed by atoms with E-state index in [9.17, 15) is 0 Å². The largest absolute Gasteiger partial charge is 0.491 e. The molecule has 0 unspecified atom stereocenters. The number of nitrogens with one attached hydrogen (secondary N) is 1. The summed E-state index contributed by atoms with van der Waals surface area (Å²) in [6, 6.07) is 12.0. The summed E-state index contributed by atoms with van der Waals surface area (Å²) in [5, 5.41) is 3.12. The first-order valence-corrected chi connectivity index (χ1v) is 8.24. The van der Waals surface area contributed by atoms with Crippen LogP contribution in [0.1, 0.15) is 30.7 Å². The van der Waals surface area contributed by atoms with E-state index in [2.05, 4.69) is 21.4 Å². The highest BCUT2D eigenvalue weighted by atomic mass is 127. The molecule has 1 aromatic heterocycles. The standard InChI is InChI=1S/C19H26N4O.HI/c1-14(2)24-18-12-15(3)7-8-16(18)13-23-19(20)22-11-9-17-6-4-5-10-21-17;/h4-8,10,12,14H,9,11,13H2,1-3H3,(H3,20,22,23);1H.